The third kappa shape index (κ3) is 3.77. The molecule has 0 saturated heterocycles. The van der Waals surface area contributed by atoms with Crippen molar-refractivity contribution in [2.24, 2.45) is 0 Å². The molecule has 0 fully saturated rings. The van der Waals surface area contributed by atoms with Crippen LogP contribution in [0.1, 0.15) is 39.9 Å². The van der Waals surface area contributed by atoms with Gasteiger partial charge in [0.1, 0.15) is 18.1 Å². The van der Waals surface area contributed by atoms with Crippen LogP contribution in [0.2, 0.25) is 0 Å². The van der Waals surface area contributed by atoms with Crippen LogP contribution in [0.5, 0.6) is 5.75 Å². The number of hydrogen-bond acceptors (Lipinski definition) is 4. The van der Waals surface area contributed by atoms with Crippen molar-refractivity contribution in [3.8, 4) is 5.75 Å². The highest BCUT2D eigenvalue weighted by Gasteiger charge is 2.21. The summed E-state index contributed by atoms with van der Waals surface area (Å²) in [5.74, 6) is 1.05. The van der Waals surface area contributed by atoms with Crippen LogP contribution in [0.15, 0.2) is 53.1 Å². The highest BCUT2D eigenvalue weighted by molar-refractivity contribution is 6.04. The number of aromatic nitrogens is 1. The largest absolute Gasteiger partial charge is 0.488 e. The van der Waals surface area contributed by atoms with Crippen LogP contribution >= 0.6 is 0 Å². The second kappa shape index (κ2) is 7.87. The summed E-state index contributed by atoms with van der Waals surface area (Å²) in [4.78, 5) is 12.7. The number of nitrogens with zero attached hydrogens (tertiary/aromatic N) is 1. The molecule has 0 aliphatic heterocycles. The molecule has 2 aromatic carbocycles. The van der Waals surface area contributed by atoms with Crippen molar-refractivity contribution in [1.29, 1.82) is 0 Å². The highest BCUT2D eigenvalue weighted by Crippen LogP contribution is 2.22. The second-order valence-electron chi connectivity index (χ2n) is 6.08. The van der Waals surface area contributed by atoms with Gasteiger partial charge in [0.25, 0.3) is 5.91 Å². The fraction of sp³-hybridized carbons (Fsp3) is 0.238. The normalized spacial score (nSPS) is 10.6. The number of rotatable bonds is 6. The Labute approximate surface area is 153 Å². The summed E-state index contributed by atoms with van der Waals surface area (Å²) in [6, 6.07) is 15.5. The van der Waals surface area contributed by atoms with Gasteiger partial charge in [-0.3, -0.25) is 4.79 Å². The van der Waals surface area contributed by atoms with Crippen molar-refractivity contribution in [2.75, 3.05) is 5.32 Å². The highest BCUT2D eigenvalue weighted by atomic mass is 16.5. The zero-order chi connectivity index (χ0) is 18.5. The van der Waals surface area contributed by atoms with Crippen LogP contribution in [-0.4, -0.2) is 11.1 Å². The topological polar surface area (TPSA) is 64.4 Å². The molecule has 1 aromatic heterocycles. The van der Waals surface area contributed by atoms with Gasteiger partial charge in [-0.2, -0.15) is 0 Å². The zero-order valence-electron chi connectivity index (χ0n) is 15.2. The van der Waals surface area contributed by atoms with Crippen molar-refractivity contribution in [1.82, 2.24) is 5.16 Å². The van der Waals surface area contributed by atoms with Gasteiger partial charge in [0.15, 0.2) is 5.69 Å². The molecule has 5 nitrogen and oxygen atoms in total. The van der Waals surface area contributed by atoms with Gasteiger partial charge in [0.2, 0.25) is 0 Å². The Morgan fingerprint density at radius 1 is 1.12 bits per heavy atom. The first-order valence-electron chi connectivity index (χ1n) is 8.63. The fourth-order valence-corrected chi connectivity index (χ4v) is 2.74. The molecule has 5 heteroatoms. The fourth-order valence-electron chi connectivity index (χ4n) is 2.74. The lowest BCUT2D eigenvalue weighted by Gasteiger charge is -2.10. The molecule has 0 bridgehead atoms. The van der Waals surface area contributed by atoms with Gasteiger partial charge in [0, 0.05) is 5.69 Å². The van der Waals surface area contributed by atoms with E-state index in [4.69, 9.17) is 9.26 Å². The monoisotopic (exact) mass is 350 g/mol. The number of para-hydroxylation sites is 2. The molecule has 3 aromatic rings. The zero-order valence-corrected chi connectivity index (χ0v) is 15.2. The summed E-state index contributed by atoms with van der Waals surface area (Å²) in [6.45, 7) is 6.02. The van der Waals surface area contributed by atoms with Crippen LogP contribution in [0.4, 0.5) is 5.69 Å². The van der Waals surface area contributed by atoms with Crippen molar-refractivity contribution < 1.29 is 14.1 Å². The van der Waals surface area contributed by atoms with Gasteiger partial charge in [-0.25, -0.2) is 0 Å². The number of ether oxygens (including phenoxy) is 1. The molecule has 3 rings (SSSR count). The summed E-state index contributed by atoms with van der Waals surface area (Å²) < 4.78 is 11.1. The van der Waals surface area contributed by atoms with E-state index in [1.54, 1.807) is 6.92 Å². The molecule has 0 unspecified atom stereocenters. The summed E-state index contributed by atoms with van der Waals surface area (Å²) in [5, 5.41) is 6.86. The third-order valence-electron chi connectivity index (χ3n) is 4.31. The van der Waals surface area contributed by atoms with Gasteiger partial charge >= 0.3 is 0 Å². The van der Waals surface area contributed by atoms with Crippen LogP contribution in [-0.2, 0) is 13.0 Å². The molecule has 134 valence electrons. The van der Waals surface area contributed by atoms with Crippen LogP contribution in [0.25, 0.3) is 0 Å². The third-order valence-corrected chi connectivity index (χ3v) is 4.31. The Hall–Kier alpha value is -3.08. The lowest BCUT2D eigenvalue weighted by molar-refractivity contribution is 0.101. The minimum absolute atomic E-state index is 0.221. The molecule has 0 saturated carbocycles. The molecule has 0 aliphatic rings. The van der Waals surface area contributed by atoms with Crippen LogP contribution in [0.3, 0.4) is 0 Å². The summed E-state index contributed by atoms with van der Waals surface area (Å²) in [5.41, 5.74) is 3.79. The molecule has 26 heavy (non-hydrogen) atoms. The van der Waals surface area contributed by atoms with E-state index in [9.17, 15) is 4.79 Å². The molecule has 0 atom stereocenters. The number of hydrogen-bond donors (Lipinski definition) is 1. The van der Waals surface area contributed by atoms with Gasteiger partial charge < -0.3 is 14.6 Å². The number of aryl methyl sites for hydroxylation is 3. The maximum Gasteiger partial charge on any atom is 0.278 e. The van der Waals surface area contributed by atoms with Crippen molar-refractivity contribution in [3.05, 3.63) is 76.7 Å². The Balaban J connectivity index is 1.79. The van der Waals surface area contributed by atoms with E-state index in [0.717, 1.165) is 29.0 Å². The summed E-state index contributed by atoms with van der Waals surface area (Å²) in [7, 11) is 0. The van der Waals surface area contributed by atoms with Crippen molar-refractivity contribution in [2.45, 2.75) is 33.8 Å². The Morgan fingerprint density at radius 3 is 2.62 bits per heavy atom. The van der Waals surface area contributed by atoms with E-state index in [1.165, 1.54) is 0 Å². The van der Waals surface area contributed by atoms with E-state index in [2.05, 4.69) is 10.5 Å². The van der Waals surface area contributed by atoms with Crippen LogP contribution in [0, 0.1) is 13.8 Å². The molecule has 1 N–H and O–H groups in total. The first kappa shape index (κ1) is 17.7. The molecule has 0 radical (unpaired) electrons. The average molecular weight is 350 g/mol. The number of amides is 1. The molecule has 0 aliphatic carbocycles. The van der Waals surface area contributed by atoms with E-state index >= 15 is 0 Å². The van der Waals surface area contributed by atoms with Gasteiger partial charge in [-0.05, 0) is 43.5 Å². The van der Waals surface area contributed by atoms with E-state index in [0.29, 0.717) is 11.3 Å². The smallest absolute Gasteiger partial charge is 0.278 e. The molecular formula is C21H22N2O3. The summed E-state index contributed by atoms with van der Waals surface area (Å²) in [6.07, 6.45) is 0.831. The predicted molar refractivity (Wildman–Crippen MR) is 101 cm³/mol. The first-order chi connectivity index (χ1) is 12.6. The molecule has 1 heterocycles. The first-order valence-corrected chi connectivity index (χ1v) is 8.63. The number of anilines is 1. The van der Waals surface area contributed by atoms with E-state index < -0.39 is 0 Å². The quantitative estimate of drug-likeness (QED) is 0.701. The molecular weight excluding hydrogens is 328 g/mol. The molecule has 0 spiro atoms. The maximum atomic E-state index is 12.7. The number of carbonyl (C=O) groups excluding carboxylic acids is 1. The Kier molecular flexibility index (Phi) is 5.37. The average Bonchev–Trinajstić information content (AvgIpc) is 3.02. The minimum Gasteiger partial charge on any atom is -0.488 e. The van der Waals surface area contributed by atoms with Crippen molar-refractivity contribution >= 4 is 11.6 Å². The van der Waals surface area contributed by atoms with Gasteiger partial charge in [-0.1, -0.05) is 48.5 Å². The Bertz CT molecular complexity index is 915. The summed E-state index contributed by atoms with van der Waals surface area (Å²) >= 11 is 0. The van der Waals surface area contributed by atoms with Crippen molar-refractivity contribution in [3.63, 3.8) is 0 Å². The maximum absolute atomic E-state index is 12.7. The number of carbonyl (C=O) groups is 1. The predicted octanol–water partition coefficient (Wildman–Crippen LogP) is 4.69. The van der Waals surface area contributed by atoms with Gasteiger partial charge in [-0.15, -0.1) is 0 Å². The number of benzene rings is 2. The lowest BCUT2D eigenvalue weighted by Crippen LogP contribution is -2.16. The lowest BCUT2D eigenvalue weighted by atomic mass is 10.1. The minimum atomic E-state index is -0.300. The Morgan fingerprint density at radius 2 is 1.85 bits per heavy atom. The number of nitrogens with one attached hydrogen (secondary N) is 1. The van der Waals surface area contributed by atoms with E-state index in [-0.39, 0.29) is 18.2 Å². The molecule has 1 amide bonds. The van der Waals surface area contributed by atoms with Crippen LogP contribution < -0.4 is 10.1 Å². The SMILES string of the molecule is CCc1ccccc1NC(=O)c1noc(C)c1COc1ccccc1C. The standard InChI is InChI=1S/C21H22N2O3/c1-4-16-10-6-7-11-18(16)22-21(24)20-17(15(3)26-23-20)13-25-19-12-8-5-9-14(19)2/h5-12H,4,13H2,1-3H3,(H,22,24). The second-order valence-corrected chi connectivity index (χ2v) is 6.08. The van der Waals surface area contributed by atoms with Gasteiger partial charge in [0.05, 0.1) is 5.56 Å². The van der Waals surface area contributed by atoms with E-state index in [1.807, 2.05) is 62.4 Å².